The molecule has 0 spiro atoms. The van der Waals surface area contributed by atoms with Crippen LogP contribution in [0.5, 0.6) is 0 Å². The van der Waals surface area contributed by atoms with Crippen LogP contribution in [0.1, 0.15) is 145 Å². The van der Waals surface area contributed by atoms with Crippen LogP contribution < -0.4 is 16.0 Å². The summed E-state index contributed by atoms with van der Waals surface area (Å²) in [5, 5.41) is 8.60. The van der Waals surface area contributed by atoms with Gasteiger partial charge in [-0.3, -0.25) is 14.4 Å². The monoisotopic (exact) mass is 810 g/mol. The van der Waals surface area contributed by atoms with Crippen LogP contribution in [0.25, 0.3) is 0 Å². The molecule has 0 aliphatic carbocycles. The molecule has 0 unspecified atom stereocenters. The van der Waals surface area contributed by atoms with Crippen LogP contribution in [0.4, 0.5) is 0 Å². The number of ether oxygens (including phenoxy) is 2. The van der Waals surface area contributed by atoms with E-state index in [0.29, 0.717) is 26.1 Å². The maximum absolute atomic E-state index is 12.4. The Bertz CT molecular complexity index is 1020. The van der Waals surface area contributed by atoms with Gasteiger partial charge in [-0.25, -0.2) is 0 Å². The van der Waals surface area contributed by atoms with Crippen LogP contribution in [0.3, 0.4) is 0 Å². The minimum atomic E-state index is -0.659. The molecule has 55 heavy (non-hydrogen) atoms. The van der Waals surface area contributed by atoms with Gasteiger partial charge in [0, 0.05) is 63.6 Å². The highest BCUT2D eigenvalue weighted by Crippen LogP contribution is 2.23. The van der Waals surface area contributed by atoms with E-state index in [4.69, 9.17) is 9.47 Å². The Labute approximate surface area is 346 Å². The zero-order chi connectivity index (χ0) is 41.7. The SMILES string of the molecule is CC.CC/C=C\C/C=C\C/C=C\C/C=C\C/C=C\CCCC(=O)NCCSSCCNC(=O)CCNC(=O)[C@H](OC)C(C)(C)COC.CCCCCCCC. The minimum absolute atomic E-state index is 0.0892. The molecule has 0 aromatic heterocycles. The number of hydrogen-bond acceptors (Lipinski definition) is 7. The van der Waals surface area contributed by atoms with Crippen molar-refractivity contribution in [1.29, 1.82) is 0 Å². The van der Waals surface area contributed by atoms with E-state index in [1.165, 1.54) is 45.6 Å². The average Bonchev–Trinajstić information content (AvgIpc) is 3.17. The van der Waals surface area contributed by atoms with E-state index in [1.807, 2.05) is 27.7 Å². The van der Waals surface area contributed by atoms with Crippen molar-refractivity contribution in [1.82, 2.24) is 16.0 Å². The van der Waals surface area contributed by atoms with E-state index >= 15 is 0 Å². The van der Waals surface area contributed by atoms with Gasteiger partial charge in [-0.1, -0.05) is 169 Å². The molecular formula is C45H83N3O5S2. The van der Waals surface area contributed by atoms with E-state index in [1.54, 1.807) is 28.7 Å². The lowest BCUT2D eigenvalue weighted by Crippen LogP contribution is -2.47. The van der Waals surface area contributed by atoms with Crippen molar-refractivity contribution in [2.24, 2.45) is 5.41 Å². The molecule has 3 N–H and O–H groups in total. The second-order valence-corrected chi connectivity index (χ2v) is 16.1. The molecule has 320 valence electrons. The summed E-state index contributed by atoms with van der Waals surface area (Å²) in [6, 6.07) is 0. The van der Waals surface area contributed by atoms with Crippen molar-refractivity contribution in [2.45, 2.75) is 151 Å². The Morgan fingerprint density at radius 2 is 1.05 bits per heavy atom. The molecule has 0 saturated carbocycles. The molecule has 3 amide bonds. The normalized spacial score (nSPS) is 12.2. The fourth-order valence-corrected chi connectivity index (χ4v) is 6.80. The van der Waals surface area contributed by atoms with Crippen LogP contribution in [0.2, 0.25) is 0 Å². The molecule has 0 saturated heterocycles. The highest BCUT2D eigenvalue weighted by molar-refractivity contribution is 8.76. The molecule has 0 radical (unpaired) electrons. The lowest BCUT2D eigenvalue weighted by atomic mass is 9.86. The van der Waals surface area contributed by atoms with E-state index in [9.17, 15) is 14.4 Å². The molecule has 10 heteroatoms. The van der Waals surface area contributed by atoms with Crippen LogP contribution in [-0.4, -0.2) is 75.8 Å². The minimum Gasteiger partial charge on any atom is -0.384 e. The second kappa shape index (κ2) is 46.1. The Kier molecular flexibility index (Phi) is 47.8. The molecule has 0 bridgehead atoms. The maximum Gasteiger partial charge on any atom is 0.249 e. The summed E-state index contributed by atoms with van der Waals surface area (Å²) in [6.07, 6.45) is 37.1. The van der Waals surface area contributed by atoms with E-state index in [-0.39, 0.29) is 30.7 Å². The highest BCUT2D eigenvalue weighted by atomic mass is 33.1. The van der Waals surface area contributed by atoms with Crippen LogP contribution in [-0.2, 0) is 23.9 Å². The van der Waals surface area contributed by atoms with Gasteiger partial charge in [0.25, 0.3) is 0 Å². The predicted molar refractivity (Wildman–Crippen MR) is 244 cm³/mol. The lowest BCUT2D eigenvalue weighted by Gasteiger charge is -2.31. The summed E-state index contributed by atoms with van der Waals surface area (Å²) in [4.78, 5) is 36.5. The molecule has 0 heterocycles. The van der Waals surface area contributed by atoms with Gasteiger partial charge in [0.15, 0.2) is 0 Å². The summed E-state index contributed by atoms with van der Waals surface area (Å²) in [6.45, 7) is 16.3. The first kappa shape index (κ1) is 57.1. The molecule has 0 fully saturated rings. The summed E-state index contributed by atoms with van der Waals surface area (Å²) in [5.74, 6) is 1.30. The summed E-state index contributed by atoms with van der Waals surface area (Å²) >= 11 is 0. The third-order valence-corrected chi connectivity index (χ3v) is 10.2. The van der Waals surface area contributed by atoms with Crippen molar-refractivity contribution < 1.29 is 23.9 Å². The van der Waals surface area contributed by atoms with Gasteiger partial charge in [-0.2, -0.15) is 0 Å². The number of carbonyl (C=O) groups excluding carboxylic acids is 3. The molecule has 0 aromatic carbocycles. The Morgan fingerprint density at radius 3 is 1.49 bits per heavy atom. The highest BCUT2D eigenvalue weighted by Gasteiger charge is 2.35. The number of rotatable bonds is 33. The van der Waals surface area contributed by atoms with E-state index < -0.39 is 11.5 Å². The Hall–Kier alpha value is -2.27. The van der Waals surface area contributed by atoms with E-state index in [2.05, 4.69) is 97.5 Å². The molecule has 0 aliphatic heterocycles. The predicted octanol–water partition coefficient (Wildman–Crippen LogP) is 11.1. The van der Waals surface area contributed by atoms with Gasteiger partial charge in [0.2, 0.25) is 17.7 Å². The number of hydrogen-bond donors (Lipinski definition) is 3. The number of nitrogens with one attached hydrogen (secondary N) is 3. The number of carbonyl (C=O) groups is 3. The average molecular weight is 810 g/mol. The van der Waals surface area contributed by atoms with Crippen molar-refractivity contribution in [3.05, 3.63) is 60.8 Å². The second-order valence-electron chi connectivity index (χ2n) is 13.4. The molecular weight excluding hydrogens is 727 g/mol. The first-order valence-corrected chi connectivity index (χ1v) is 23.5. The van der Waals surface area contributed by atoms with Crippen LogP contribution >= 0.6 is 21.6 Å². The van der Waals surface area contributed by atoms with Crippen LogP contribution in [0.15, 0.2) is 60.8 Å². The maximum atomic E-state index is 12.4. The summed E-state index contributed by atoms with van der Waals surface area (Å²) < 4.78 is 10.5. The van der Waals surface area contributed by atoms with Crippen molar-refractivity contribution in [3.63, 3.8) is 0 Å². The summed E-state index contributed by atoms with van der Waals surface area (Å²) in [5.41, 5.74) is -0.481. The Balaban J connectivity index is -0.00000238. The van der Waals surface area contributed by atoms with Gasteiger partial charge in [-0.15, -0.1) is 0 Å². The molecule has 0 rings (SSSR count). The number of methoxy groups -OCH3 is 2. The first-order chi connectivity index (χ1) is 26.7. The van der Waals surface area contributed by atoms with Gasteiger partial charge in [0.1, 0.15) is 6.10 Å². The number of unbranched alkanes of at least 4 members (excludes halogenated alkanes) is 6. The molecule has 0 aromatic rings. The third kappa shape index (κ3) is 42.7. The smallest absolute Gasteiger partial charge is 0.249 e. The van der Waals surface area contributed by atoms with Gasteiger partial charge in [0.05, 0.1) is 6.61 Å². The molecule has 8 nitrogen and oxygen atoms in total. The molecule has 0 aliphatic rings. The standard InChI is InChI=1S/C35H59N3O5S2.C8H18.C2H6/c1-6-7-8-9-10-11-12-13-14-15-16-17-18-19-20-21-22-23-31(39)36-26-28-44-45-29-27-37-32(40)24-25-38-34(41)33(43-5)35(2,3)30-42-4;1-3-5-7-8-6-4-2;1-2/h7-8,10-11,13-14,16-17,19-20,33H,6,9,12,15,18,21-30H2,1-5H3,(H,36,39)(H,37,40)(H,38,41);3-8H2,1-2H3;1-2H3/b8-7-,11-10-,14-13-,17-16-,20-19-;;/t33-;;/m0../s1. The zero-order valence-electron chi connectivity index (χ0n) is 36.6. The molecule has 1 atom stereocenters. The Morgan fingerprint density at radius 1 is 0.600 bits per heavy atom. The van der Waals surface area contributed by atoms with E-state index in [0.717, 1.165) is 56.5 Å². The van der Waals surface area contributed by atoms with Gasteiger partial charge < -0.3 is 25.4 Å². The topological polar surface area (TPSA) is 106 Å². The largest absolute Gasteiger partial charge is 0.384 e. The van der Waals surface area contributed by atoms with Crippen molar-refractivity contribution >= 4 is 39.3 Å². The fraction of sp³-hybridized carbons (Fsp3) is 0.711. The van der Waals surface area contributed by atoms with Crippen LogP contribution in [0, 0.1) is 5.41 Å². The fourth-order valence-electron chi connectivity index (χ4n) is 4.98. The quantitative estimate of drug-likeness (QED) is 0.0344. The van der Waals surface area contributed by atoms with Gasteiger partial charge >= 0.3 is 0 Å². The first-order valence-electron chi connectivity index (χ1n) is 21.0. The zero-order valence-corrected chi connectivity index (χ0v) is 38.2. The number of allylic oxidation sites excluding steroid dienone is 10. The summed E-state index contributed by atoms with van der Waals surface area (Å²) in [7, 11) is 6.41. The van der Waals surface area contributed by atoms with Crippen molar-refractivity contribution in [2.75, 3.05) is 52.0 Å². The lowest BCUT2D eigenvalue weighted by molar-refractivity contribution is -0.140. The number of amides is 3. The van der Waals surface area contributed by atoms with Crippen molar-refractivity contribution in [3.8, 4) is 0 Å². The third-order valence-electron chi connectivity index (χ3n) is 7.84. The van der Waals surface area contributed by atoms with Gasteiger partial charge in [-0.05, 0) is 44.9 Å².